The molecular formula is C15H13F3O3. The summed E-state index contributed by atoms with van der Waals surface area (Å²) in [4.78, 5) is 0. The number of hydrogen-bond acceptors (Lipinski definition) is 3. The zero-order valence-corrected chi connectivity index (χ0v) is 11.1. The number of para-hydroxylation sites is 1. The zero-order chi connectivity index (χ0) is 15.5. The van der Waals surface area contributed by atoms with Crippen LogP contribution in [0.15, 0.2) is 42.5 Å². The van der Waals surface area contributed by atoms with Gasteiger partial charge in [0.2, 0.25) is 0 Å². The van der Waals surface area contributed by atoms with E-state index in [2.05, 4.69) is 4.74 Å². The molecule has 0 heterocycles. The van der Waals surface area contributed by atoms with Crippen LogP contribution in [0.1, 0.15) is 5.56 Å². The van der Waals surface area contributed by atoms with Gasteiger partial charge in [0, 0.05) is 11.1 Å². The van der Waals surface area contributed by atoms with E-state index < -0.39 is 18.7 Å². The van der Waals surface area contributed by atoms with Crippen molar-refractivity contribution >= 4 is 0 Å². The average Bonchev–Trinajstić information content (AvgIpc) is 2.45. The highest BCUT2D eigenvalue weighted by Crippen LogP contribution is 2.35. The molecule has 0 aliphatic carbocycles. The SMILES string of the molecule is COc1ccccc1-c1ccc(CO)c(OC(F)(F)F)c1. The van der Waals surface area contributed by atoms with Crippen molar-refractivity contribution in [2.24, 2.45) is 0 Å². The van der Waals surface area contributed by atoms with Crippen LogP contribution in [0.4, 0.5) is 13.2 Å². The minimum atomic E-state index is -4.82. The van der Waals surface area contributed by atoms with Gasteiger partial charge < -0.3 is 14.6 Å². The van der Waals surface area contributed by atoms with E-state index in [-0.39, 0.29) is 5.56 Å². The Kier molecular flexibility index (Phi) is 4.37. The van der Waals surface area contributed by atoms with Crippen molar-refractivity contribution in [2.75, 3.05) is 7.11 Å². The highest BCUT2D eigenvalue weighted by molar-refractivity contribution is 5.72. The number of methoxy groups -OCH3 is 1. The summed E-state index contributed by atoms with van der Waals surface area (Å²) in [5.41, 5.74) is 1.20. The van der Waals surface area contributed by atoms with E-state index in [4.69, 9.17) is 9.84 Å². The van der Waals surface area contributed by atoms with Crippen molar-refractivity contribution < 1.29 is 27.8 Å². The van der Waals surface area contributed by atoms with Crippen molar-refractivity contribution in [3.05, 3.63) is 48.0 Å². The number of ether oxygens (including phenoxy) is 2. The Balaban J connectivity index is 2.48. The molecule has 0 radical (unpaired) electrons. The first kappa shape index (κ1) is 15.2. The molecule has 6 heteroatoms. The fourth-order valence-electron chi connectivity index (χ4n) is 1.96. The lowest BCUT2D eigenvalue weighted by atomic mass is 10.0. The highest BCUT2D eigenvalue weighted by Gasteiger charge is 2.32. The molecule has 21 heavy (non-hydrogen) atoms. The van der Waals surface area contributed by atoms with Gasteiger partial charge in [0.25, 0.3) is 0 Å². The molecule has 0 bridgehead atoms. The maximum atomic E-state index is 12.4. The van der Waals surface area contributed by atoms with Crippen molar-refractivity contribution in [1.82, 2.24) is 0 Å². The molecular weight excluding hydrogens is 285 g/mol. The molecule has 112 valence electrons. The van der Waals surface area contributed by atoms with Crippen LogP contribution in [-0.4, -0.2) is 18.6 Å². The first-order valence-corrected chi connectivity index (χ1v) is 6.07. The van der Waals surface area contributed by atoms with Crippen molar-refractivity contribution in [1.29, 1.82) is 0 Å². The molecule has 0 amide bonds. The summed E-state index contributed by atoms with van der Waals surface area (Å²) in [6.45, 7) is -0.544. The molecule has 1 N–H and O–H groups in total. The Bertz CT molecular complexity index is 624. The molecule has 0 fully saturated rings. The summed E-state index contributed by atoms with van der Waals surface area (Å²) in [6, 6.07) is 11.2. The molecule has 2 aromatic rings. The number of aliphatic hydroxyl groups is 1. The second kappa shape index (κ2) is 6.05. The first-order chi connectivity index (χ1) is 9.94. The molecule has 3 nitrogen and oxygen atoms in total. The van der Waals surface area contributed by atoms with Gasteiger partial charge in [-0.25, -0.2) is 0 Å². The van der Waals surface area contributed by atoms with E-state index in [1.165, 1.54) is 19.2 Å². The third kappa shape index (κ3) is 3.66. The zero-order valence-electron chi connectivity index (χ0n) is 11.1. The third-order valence-electron chi connectivity index (χ3n) is 2.88. The number of rotatable bonds is 4. The summed E-state index contributed by atoms with van der Waals surface area (Å²) in [7, 11) is 1.48. The fraction of sp³-hybridized carbons (Fsp3) is 0.200. The smallest absolute Gasteiger partial charge is 0.496 e. The lowest BCUT2D eigenvalue weighted by molar-refractivity contribution is -0.275. The second-order valence-electron chi connectivity index (χ2n) is 4.23. The molecule has 0 aromatic heterocycles. The van der Waals surface area contributed by atoms with Crippen LogP contribution in [0.3, 0.4) is 0 Å². The predicted octanol–water partition coefficient (Wildman–Crippen LogP) is 3.75. The van der Waals surface area contributed by atoms with Gasteiger partial charge in [-0.2, -0.15) is 0 Å². The second-order valence-corrected chi connectivity index (χ2v) is 4.23. The van der Waals surface area contributed by atoms with Crippen molar-refractivity contribution in [3.63, 3.8) is 0 Å². The van der Waals surface area contributed by atoms with E-state index >= 15 is 0 Å². The molecule has 0 aliphatic rings. The Morgan fingerprint density at radius 2 is 1.76 bits per heavy atom. The summed E-state index contributed by atoms with van der Waals surface area (Å²) >= 11 is 0. The number of halogens is 3. The van der Waals surface area contributed by atoms with Crippen molar-refractivity contribution in [3.8, 4) is 22.6 Å². The Labute approximate surface area is 119 Å². The Morgan fingerprint density at radius 1 is 1.05 bits per heavy atom. The van der Waals surface area contributed by atoms with Crippen LogP contribution in [0.25, 0.3) is 11.1 Å². The normalized spacial score (nSPS) is 11.3. The lowest BCUT2D eigenvalue weighted by Gasteiger charge is -2.15. The van der Waals surface area contributed by atoms with E-state index in [9.17, 15) is 13.2 Å². The number of alkyl halides is 3. The maximum Gasteiger partial charge on any atom is 0.573 e. The van der Waals surface area contributed by atoms with Gasteiger partial charge in [-0.15, -0.1) is 13.2 Å². The van der Waals surface area contributed by atoms with Crippen LogP contribution in [-0.2, 0) is 6.61 Å². The molecule has 0 unspecified atom stereocenters. The predicted molar refractivity (Wildman–Crippen MR) is 71.0 cm³/mol. The summed E-state index contributed by atoms with van der Waals surface area (Å²) in [5, 5.41) is 9.11. The summed E-state index contributed by atoms with van der Waals surface area (Å²) in [5.74, 6) is 0.112. The van der Waals surface area contributed by atoms with E-state index in [1.54, 1.807) is 30.3 Å². The number of aliphatic hydroxyl groups excluding tert-OH is 1. The van der Waals surface area contributed by atoms with Gasteiger partial charge in [0.15, 0.2) is 0 Å². The third-order valence-corrected chi connectivity index (χ3v) is 2.88. The fourth-order valence-corrected chi connectivity index (χ4v) is 1.96. The Morgan fingerprint density at radius 3 is 2.38 bits per heavy atom. The van der Waals surface area contributed by atoms with Crippen LogP contribution in [0.5, 0.6) is 11.5 Å². The molecule has 0 saturated heterocycles. The first-order valence-electron chi connectivity index (χ1n) is 6.07. The van der Waals surface area contributed by atoms with Crippen molar-refractivity contribution in [2.45, 2.75) is 13.0 Å². The maximum absolute atomic E-state index is 12.4. The summed E-state index contributed by atoms with van der Waals surface area (Å²) in [6.07, 6.45) is -4.82. The number of benzene rings is 2. The molecule has 0 spiro atoms. The van der Waals surface area contributed by atoms with Gasteiger partial charge in [0.05, 0.1) is 13.7 Å². The van der Waals surface area contributed by atoms with Gasteiger partial charge in [-0.3, -0.25) is 0 Å². The molecule has 0 atom stereocenters. The largest absolute Gasteiger partial charge is 0.573 e. The molecule has 0 saturated carbocycles. The standard InChI is InChI=1S/C15H13F3O3/c1-20-13-5-3-2-4-12(13)10-6-7-11(9-19)14(8-10)21-15(16,17)18/h2-8,19H,9H2,1H3. The van der Waals surface area contributed by atoms with Gasteiger partial charge in [-0.1, -0.05) is 30.3 Å². The molecule has 0 aliphatic heterocycles. The van der Waals surface area contributed by atoms with Gasteiger partial charge >= 0.3 is 6.36 Å². The van der Waals surface area contributed by atoms with Gasteiger partial charge in [0.1, 0.15) is 11.5 Å². The average molecular weight is 298 g/mol. The monoisotopic (exact) mass is 298 g/mol. The van der Waals surface area contributed by atoms with E-state index in [0.717, 1.165) is 0 Å². The summed E-state index contributed by atoms with van der Waals surface area (Å²) < 4.78 is 46.4. The van der Waals surface area contributed by atoms with Crippen LogP contribution < -0.4 is 9.47 Å². The molecule has 2 rings (SSSR count). The van der Waals surface area contributed by atoms with Crippen LogP contribution in [0.2, 0.25) is 0 Å². The van der Waals surface area contributed by atoms with E-state index in [0.29, 0.717) is 16.9 Å². The van der Waals surface area contributed by atoms with Gasteiger partial charge in [-0.05, 0) is 17.7 Å². The quantitative estimate of drug-likeness (QED) is 0.934. The lowest BCUT2D eigenvalue weighted by Crippen LogP contribution is -2.18. The topological polar surface area (TPSA) is 38.7 Å². The number of hydrogen-bond donors (Lipinski definition) is 1. The Hall–Kier alpha value is -2.21. The minimum absolute atomic E-state index is 0.0611. The highest BCUT2D eigenvalue weighted by atomic mass is 19.4. The van der Waals surface area contributed by atoms with Crippen LogP contribution >= 0.6 is 0 Å². The van der Waals surface area contributed by atoms with Crippen LogP contribution in [0, 0.1) is 0 Å². The molecule has 2 aromatic carbocycles. The van der Waals surface area contributed by atoms with E-state index in [1.807, 2.05) is 0 Å². The minimum Gasteiger partial charge on any atom is -0.496 e.